The maximum atomic E-state index is 11.7. The lowest BCUT2D eigenvalue weighted by Gasteiger charge is -2.31. The van der Waals surface area contributed by atoms with Gasteiger partial charge in [-0.3, -0.25) is 9.78 Å². The number of fused-ring (bicyclic) bond motifs is 1. The molecule has 2 aliphatic rings. The highest BCUT2D eigenvalue weighted by atomic mass is 16.2. The minimum Gasteiger partial charge on any atom is -0.266 e. The van der Waals surface area contributed by atoms with Gasteiger partial charge in [0.1, 0.15) is 5.69 Å². The average molecular weight is 227 g/mol. The van der Waals surface area contributed by atoms with Crippen molar-refractivity contribution >= 4 is 11.6 Å². The molecule has 2 atom stereocenters. The van der Waals surface area contributed by atoms with Crippen molar-refractivity contribution < 1.29 is 4.79 Å². The molecule has 2 aliphatic carbocycles. The highest BCUT2D eigenvalue weighted by Gasteiger charge is 2.37. The monoisotopic (exact) mass is 227 g/mol. The van der Waals surface area contributed by atoms with Crippen LogP contribution in [-0.2, 0) is 0 Å². The molecule has 1 heterocycles. The minimum atomic E-state index is -0.243. The number of rotatable bonds is 2. The second kappa shape index (κ2) is 4.13. The van der Waals surface area contributed by atoms with Crippen LogP contribution in [0.15, 0.2) is 41.6 Å². The first-order valence-electron chi connectivity index (χ1n) is 5.79. The maximum absolute atomic E-state index is 11.7. The molecule has 0 bridgehead atoms. The Morgan fingerprint density at radius 1 is 1.47 bits per heavy atom. The van der Waals surface area contributed by atoms with Crippen LogP contribution in [0.4, 0.5) is 0 Å². The molecule has 0 spiro atoms. The fourth-order valence-corrected chi connectivity index (χ4v) is 2.34. The van der Waals surface area contributed by atoms with Crippen LogP contribution in [-0.4, -0.2) is 16.6 Å². The third kappa shape index (κ3) is 1.86. The third-order valence-corrected chi connectivity index (χ3v) is 3.36. The molecular formula is C13H13N3O. The molecular weight excluding hydrogens is 214 g/mol. The molecule has 1 amide bonds. The van der Waals surface area contributed by atoms with E-state index in [1.807, 2.05) is 0 Å². The molecule has 0 aromatic carbocycles. The van der Waals surface area contributed by atoms with Crippen molar-refractivity contribution in [2.45, 2.75) is 12.8 Å². The Bertz CT molecular complexity index is 493. The molecule has 1 saturated carbocycles. The molecule has 1 N–H and O–H groups in total. The maximum Gasteiger partial charge on any atom is 0.289 e. The van der Waals surface area contributed by atoms with Gasteiger partial charge in [0.2, 0.25) is 0 Å². The molecule has 1 aromatic rings. The Balaban J connectivity index is 1.62. The van der Waals surface area contributed by atoms with Crippen LogP contribution >= 0.6 is 0 Å². The highest BCUT2D eigenvalue weighted by molar-refractivity contribution is 5.97. The first-order chi connectivity index (χ1) is 8.34. The Labute approximate surface area is 99.4 Å². The number of pyridine rings is 1. The number of nitrogens with zero attached hydrogens (tertiary/aromatic N) is 2. The molecule has 2 unspecified atom stereocenters. The highest BCUT2D eigenvalue weighted by Crippen LogP contribution is 2.39. The fourth-order valence-electron chi connectivity index (χ4n) is 2.34. The Hall–Kier alpha value is -1.97. The van der Waals surface area contributed by atoms with E-state index in [4.69, 9.17) is 0 Å². The number of carbonyl (C=O) groups is 1. The molecule has 1 fully saturated rings. The van der Waals surface area contributed by atoms with E-state index >= 15 is 0 Å². The predicted octanol–water partition coefficient (Wildman–Crippen LogP) is 1.76. The minimum absolute atomic E-state index is 0.243. The number of hydrogen-bond acceptors (Lipinski definition) is 3. The number of amides is 1. The third-order valence-electron chi connectivity index (χ3n) is 3.36. The lowest BCUT2D eigenvalue weighted by molar-refractivity contribution is 0.0949. The second-order valence-electron chi connectivity index (χ2n) is 4.40. The molecule has 3 rings (SSSR count). The Morgan fingerprint density at radius 2 is 2.41 bits per heavy atom. The molecule has 1 aromatic heterocycles. The van der Waals surface area contributed by atoms with Crippen molar-refractivity contribution in [3.05, 3.63) is 42.2 Å². The first-order valence-corrected chi connectivity index (χ1v) is 5.79. The quantitative estimate of drug-likeness (QED) is 0.618. The van der Waals surface area contributed by atoms with Crippen molar-refractivity contribution in [1.29, 1.82) is 0 Å². The average Bonchev–Trinajstić information content (AvgIpc) is 2.72. The number of nitrogens with one attached hydrogen (secondary N) is 1. The number of hydrogen-bond donors (Lipinski definition) is 1. The molecule has 0 radical (unpaired) electrons. The fraction of sp³-hybridized carbons (Fsp3) is 0.308. The first kappa shape index (κ1) is 10.2. The van der Waals surface area contributed by atoms with Crippen LogP contribution in [0.5, 0.6) is 0 Å². The molecule has 4 nitrogen and oxygen atoms in total. The lowest BCUT2D eigenvalue weighted by Crippen LogP contribution is -2.35. The zero-order chi connectivity index (χ0) is 11.7. The van der Waals surface area contributed by atoms with Gasteiger partial charge in [-0.15, -0.1) is 0 Å². The van der Waals surface area contributed by atoms with Crippen LogP contribution in [0.3, 0.4) is 0 Å². The predicted molar refractivity (Wildman–Crippen MR) is 64.5 cm³/mol. The van der Waals surface area contributed by atoms with Crippen molar-refractivity contribution in [2.75, 3.05) is 0 Å². The Morgan fingerprint density at radius 3 is 3.18 bits per heavy atom. The van der Waals surface area contributed by atoms with E-state index in [1.54, 1.807) is 24.4 Å². The lowest BCUT2D eigenvalue weighted by atomic mass is 9.74. The molecule has 0 aliphatic heterocycles. The van der Waals surface area contributed by atoms with Gasteiger partial charge < -0.3 is 0 Å². The van der Waals surface area contributed by atoms with Crippen LogP contribution in [0.1, 0.15) is 23.3 Å². The molecule has 86 valence electrons. The van der Waals surface area contributed by atoms with Crippen LogP contribution in [0.2, 0.25) is 0 Å². The largest absolute Gasteiger partial charge is 0.289 e. The molecule has 17 heavy (non-hydrogen) atoms. The van der Waals surface area contributed by atoms with E-state index < -0.39 is 0 Å². The summed E-state index contributed by atoms with van der Waals surface area (Å²) < 4.78 is 0. The van der Waals surface area contributed by atoms with Crippen LogP contribution < -0.4 is 5.43 Å². The summed E-state index contributed by atoms with van der Waals surface area (Å²) in [5, 5.41) is 4.19. The van der Waals surface area contributed by atoms with Crippen molar-refractivity contribution in [1.82, 2.24) is 10.4 Å². The van der Waals surface area contributed by atoms with E-state index in [0.29, 0.717) is 17.5 Å². The Kier molecular flexibility index (Phi) is 2.48. The van der Waals surface area contributed by atoms with Crippen molar-refractivity contribution in [3.63, 3.8) is 0 Å². The van der Waals surface area contributed by atoms with Gasteiger partial charge in [-0.05, 0) is 30.9 Å². The van der Waals surface area contributed by atoms with E-state index in [0.717, 1.165) is 18.6 Å². The van der Waals surface area contributed by atoms with Gasteiger partial charge in [0, 0.05) is 17.8 Å². The van der Waals surface area contributed by atoms with Crippen molar-refractivity contribution in [2.24, 2.45) is 16.9 Å². The van der Waals surface area contributed by atoms with Gasteiger partial charge in [-0.1, -0.05) is 18.2 Å². The smallest absolute Gasteiger partial charge is 0.266 e. The zero-order valence-corrected chi connectivity index (χ0v) is 9.34. The van der Waals surface area contributed by atoms with E-state index in [2.05, 4.69) is 27.7 Å². The number of hydrazone groups is 1. The number of aromatic nitrogens is 1. The summed E-state index contributed by atoms with van der Waals surface area (Å²) in [6, 6.07) is 5.24. The van der Waals surface area contributed by atoms with Gasteiger partial charge in [0.25, 0.3) is 5.91 Å². The summed E-state index contributed by atoms with van der Waals surface area (Å²) in [6.07, 6.45) is 8.07. The standard InChI is InChI=1S/C13H13N3O/c17-13(11-6-1-2-7-14-11)16-15-12-8-9-4-3-5-10(9)12/h1-4,6-7,9-10H,5,8H2,(H,16,17)/b15-12-. The molecule has 4 heteroatoms. The summed E-state index contributed by atoms with van der Waals surface area (Å²) in [6.45, 7) is 0. The molecule has 0 saturated heterocycles. The van der Waals surface area contributed by atoms with Gasteiger partial charge >= 0.3 is 0 Å². The number of carbonyl (C=O) groups excluding carboxylic acids is 1. The van der Waals surface area contributed by atoms with E-state index in [1.165, 1.54) is 0 Å². The van der Waals surface area contributed by atoms with E-state index in [9.17, 15) is 4.79 Å². The van der Waals surface area contributed by atoms with Crippen molar-refractivity contribution in [3.8, 4) is 0 Å². The second-order valence-corrected chi connectivity index (χ2v) is 4.40. The van der Waals surface area contributed by atoms with Gasteiger partial charge in [0.15, 0.2) is 0 Å². The van der Waals surface area contributed by atoms with E-state index in [-0.39, 0.29) is 5.91 Å². The van der Waals surface area contributed by atoms with Crippen LogP contribution in [0.25, 0.3) is 0 Å². The SMILES string of the molecule is O=C(N/N=C1/CC2C=CCC12)c1ccccn1. The summed E-state index contributed by atoms with van der Waals surface area (Å²) in [5.74, 6) is 0.937. The number of allylic oxidation sites excluding steroid dienone is 2. The summed E-state index contributed by atoms with van der Waals surface area (Å²) >= 11 is 0. The van der Waals surface area contributed by atoms with Crippen LogP contribution in [0, 0.1) is 11.8 Å². The summed E-state index contributed by atoms with van der Waals surface area (Å²) in [7, 11) is 0. The summed E-state index contributed by atoms with van der Waals surface area (Å²) in [4.78, 5) is 15.7. The van der Waals surface area contributed by atoms with Gasteiger partial charge in [-0.2, -0.15) is 5.10 Å². The zero-order valence-electron chi connectivity index (χ0n) is 9.34. The topological polar surface area (TPSA) is 54.4 Å². The van der Waals surface area contributed by atoms with Gasteiger partial charge in [-0.25, -0.2) is 5.43 Å². The normalized spacial score (nSPS) is 27.6. The van der Waals surface area contributed by atoms with Gasteiger partial charge in [0.05, 0.1) is 0 Å². The summed E-state index contributed by atoms with van der Waals surface area (Å²) in [5.41, 5.74) is 4.07.